The lowest BCUT2D eigenvalue weighted by Gasteiger charge is -2.16. The number of para-hydroxylation sites is 1. The van der Waals surface area contributed by atoms with E-state index in [2.05, 4.69) is 0 Å². The van der Waals surface area contributed by atoms with Crippen molar-refractivity contribution in [2.24, 2.45) is 0 Å². The summed E-state index contributed by atoms with van der Waals surface area (Å²) < 4.78 is 15.5. The van der Waals surface area contributed by atoms with Gasteiger partial charge in [0.05, 0.1) is 14.2 Å². The summed E-state index contributed by atoms with van der Waals surface area (Å²) in [6, 6.07) is 14.6. The first-order chi connectivity index (χ1) is 11.7. The van der Waals surface area contributed by atoms with Crippen molar-refractivity contribution in [2.75, 3.05) is 20.8 Å². The predicted octanol–water partition coefficient (Wildman–Crippen LogP) is 2.99. The third kappa shape index (κ3) is 4.60. The normalized spacial score (nSPS) is 12.0. The van der Waals surface area contributed by atoms with E-state index in [4.69, 9.17) is 14.2 Å². The van der Waals surface area contributed by atoms with E-state index in [9.17, 15) is 9.90 Å². The number of carbonyl (C=O) groups excluding carboxylic acids is 1. The minimum Gasteiger partial charge on any atom is -0.493 e. The van der Waals surface area contributed by atoms with Gasteiger partial charge in [0.15, 0.2) is 11.5 Å². The van der Waals surface area contributed by atoms with Crippen molar-refractivity contribution in [3.05, 3.63) is 65.7 Å². The highest BCUT2D eigenvalue weighted by atomic mass is 16.5. The van der Waals surface area contributed by atoms with Crippen molar-refractivity contribution < 1.29 is 24.1 Å². The smallest absolute Gasteiger partial charge is 0.330 e. The highest BCUT2D eigenvalue weighted by Gasteiger charge is 2.18. The maximum atomic E-state index is 11.8. The first kappa shape index (κ1) is 17.6. The van der Waals surface area contributed by atoms with Crippen LogP contribution in [0.3, 0.4) is 0 Å². The molecule has 1 N–H and O–H groups in total. The number of ether oxygens (including phenoxy) is 3. The molecule has 0 saturated heterocycles. The summed E-state index contributed by atoms with van der Waals surface area (Å²) in [5.74, 6) is 0.396. The van der Waals surface area contributed by atoms with E-state index in [1.54, 1.807) is 24.3 Å². The lowest BCUT2D eigenvalue weighted by molar-refractivity contribution is -0.140. The molecule has 24 heavy (non-hydrogen) atoms. The van der Waals surface area contributed by atoms with Gasteiger partial charge in [-0.1, -0.05) is 42.5 Å². The van der Waals surface area contributed by atoms with Gasteiger partial charge in [-0.25, -0.2) is 4.79 Å². The predicted molar refractivity (Wildman–Crippen MR) is 90.9 cm³/mol. The van der Waals surface area contributed by atoms with Crippen LogP contribution in [-0.4, -0.2) is 31.9 Å². The first-order valence-electron chi connectivity index (χ1n) is 7.44. The van der Waals surface area contributed by atoms with E-state index in [1.165, 1.54) is 20.3 Å². The van der Waals surface area contributed by atoms with E-state index in [0.29, 0.717) is 17.1 Å². The molecule has 126 valence electrons. The molecule has 0 spiro atoms. The van der Waals surface area contributed by atoms with Gasteiger partial charge in [-0.3, -0.25) is 0 Å². The number of hydrogen-bond acceptors (Lipinski definition) is 5. The van der Waals surface area contributed by atoms with Crippen LogP contribution < -0.4 is 9.47 Å². The Balaban J connectivity index is 1.97. The number of hydrogen-bond donors (Lipinski definition) is 1. The van der Waals surface area contributed by atoms with E-state index < -0.39 is 12.1 Å². The summed E-state index contributed by atoms with van der Waals surface area (Å²) >= 11 is 0. The number of benzene rings is 2. The molecule has 0 saturated carbocycles. The molecule has 2 aromatic carbocycles. The number of carbonyl (C=O) groups is 1. The van der Waals surface area contributed by atoms with Crippen molar-refractivity contribution in [1.29, 1.82) is 0 Å². The fourth-order valence-corrected chi connectivity index (χ4v) is 2.20. The van der Waals surface area contributed by atoms with Crippen molar-refractivity contribution in [2.45, 2.75) is 6.10 Å². The molecule has 5 nitrogen and oxygen atoms in total. The van der Waals surface area contributed by atoms with Gasteiger partial charge in [0.25, 0.3) is 0 Å². The summed E-state index contributed by atoms with van der Waals surface area (Å²) in [4.78, 5) is 11.8. The minimum atomic E-state index is -1.01. The van der Waals surface area contributed by atoms with Gasteiger partial charge < -0.3 is 19.3 Å². The molecule has 0 radical (unpaired) electrons. The number of methoxy groups -OCH3 is 2. The molecule has 2 aromatic rings. The summed E-state index contributed by atoms with van der Waals surface area (Å²) in [5.41, 5.74) is 1.39. The molecule has 5 heteroatoms. The molecule has 0 amide bonds. The van der Waals surface area contributed by atoms with Crippen LogP contribution in [0.5, 0.6) is 11.5 Å². The molecule has 0 fully saturated rings. The first-order valence-corrected chi connectivity index (χ1v) is 7.44. The van der Waals surface area contributed by atoms with Gasteiger partial charge in [0.2, 0.25) is 0 Å². The van der Waals surface area contributed by atoms with Crippen LogP contribution in [0.2, 0.25) is 0 Å². The molecule has 0 aliphatic rings. The monoisotopic (exact) mass is 328 g/mol. The maximum Gasteiger partial charge on any atom is 0.330 e. The number of esters is 1. The summed E-state index contributed by atoms with van der Waals surface area (Å²) in [6.07, 6.45) is 1.97. The number of aliphatic hydroxyl groups is 1. The van der Waals surface area contributed by atoms with Gasteiger partial charge in [-0.15, -0.1) is 0 Å². The highest BCUT2D eigenvalue weighted by Crippen LogP contribution is 2.34. The molecule has 0 aliphatic heterocycles. The Labute approximate surface area is 141 Å². The Hall–Kier alpha value is -2.79. The summed E-state index contributed by atoms with van der Waals surface area (Å²) in [7, 11) is 3.01. The van der Waals surface area contributed by atoms with E-state index in [0.717, 1.165) is 5.56 Å². The van der Waals surface area contributed by atoms with Gasteiger partial charge in [0.1, 0.15) is 12.7 Å². The fourth-order valence-electron chi connectivity index (χ4n) is 2.20. The topological polar surface area (TPSA) is 65.0 Å². The van der Waals surface area contributed by atoms with E-state index in [-0.39, 0.29) is 6.61 Å². The molecule has 0 heterocycles. The fraction of sp³-hybridized carbons (Fsp3) is 0.211. The second kappa shape index (κ2) is 8.74. The van der Waals surface area contributed by atoms with Crippen molar-refractivity contribution in [1.82, 2.24) is 0 Å². The molecule has 0 aromatic heterocycles. The SMILES string of the molecule is COc1cccc([C@@H](O)COC(=O)/C=C/c2ccccc2)c1OC. The summed E-state index contributed by atoms with van der Waals surface area (Å²) in [6.45, 7) is -0.179. The van der Waals surface area contributed by atoms with Crippen molar-refractivity contribution in [3.63, 3.8) is 0 Å². The second-order valence-corrected chi connectivity index (χ2v) is 4.97. The van der Waals surface area contributed by atoms with Gasteiger partial charge in [0, 0.05) is 11.6 Å². The number of aliphatic hydroxyl groups excluding tert-OH is 1. The van der Waals surface area contributed by atoms with Crippen LogP contribution in [0.15, 0.2) is 54.6 Å². The molecule has 1 atom stereocenters. The van der Waals surface area contributed by atoms with Crippen molar-refractivity contribution in [3.8, 4) is 11.5 Å². The van der Waals surface area contributed by atoms with Crippen LogP contribution in [0.4, 0.5) is 0 Å². The Kier molecular flexibility index (Phi) is 6.40. The van der Waals surface area contributed by atoms with E-state index >= 15 is 0 Å². The Morgan fingerprint density at radius 3 is 2.50 bits per heavy atom. The lowest BCUT2D eigenvalue weighted by Crippen LogP contribution is -2.12. The molecule has 2 rings (SSSR count). The zero-order valence-corrected chi connectivity index (χ0v) is 13.6. The van der Waals surface area contributed by atoms with Crippen LogP contribution in [0, 0.1) is 0 Å². The Morgan fingerprint density at radius 2 is 1.83 bits per heavy atom. The molecule has 0 bridgehead atoms. The molecule has 0 aliphatic carbocycles. The van der Waals surface area contributed by atoms with E-state index in [1.807, 2.05) is 30.3 Å². The van der Waals surface area contributed by atoms with Crippen molar-refractivity contribution >= 4 is 12.0 Å². The van der Waals surface area contributed by atoms with Gasteiger partial charge in [-0.05, 0) is 17.7 Å². The Morgan fingerprint density at radius 1 is 1.08 bits per heavy atom. The van der Waals surface area contributed by atoms with Crippen LogP contribution in [-0.2, 0) is 9.53 Å². The zero-order chi connectivity index (χ0) is 17.4. The Bertz CT molecular complexity index is 694. The zero-order valence-electron chi connectivity index (χ0n) is 13.6. The minimum absolute atomic E-state index is 0.179. The van der Waals surface area contributed by atoms with Crippen LogP contribution in [0.1, 0.15) is 17.2 Å². The number of rotatable bonds is 7. The third-order valence-electron chi connectivity index (χ3n) is 3.39. The lowest BCUT2D eigenvalue weighted by atomic mass is 10.1. The van der Waals surface area contributed by atoms with Crippen LogP contribution >= 0.6 is 0 Å². The van der Waals surface area contributed by atoms with Gasteiger partial charge >= 0.3 is 5.97 Å². The quantitative estimate of drug-likeness (QED) is 0.625. The largest absolute Gasteiger partial charge is 0.493 e. The third-order valence-corrected chi connectivity index (χ3v) is 3.39. The van der Waals surface area contributed by atoms with Crippen LogP contribution in [0.25, 0.3) is 6.08 Å². The standard InChI is InChI=1S/C19H20O5/c1-22-17-10-6-9-15(19(17)23-2)16(20)13-24-18(21)12-11-14-7-4-3-5-8-14/h3-12,16,20H,13H2,1-2H3/b12-11+/t16-/m0/s1. The summed E-state index contributed by atoms with van der Waals surface area (Å²) in [5, 5.41) is 10.2. The average Bonchev–Trinajstić information content (AvgIpc) is 2.64. The molecule has 0 unspecified atom stereocenters. The molecular formula is C19H20O5. The molecular weight excluding hydrogens is 308 g/mol. The average molecular weight is 328 g/mol. The second-order valence-electron chi connectivity index (χ2n) is 4.97. The van der Waals surface area contributed by atoms with Gasteiger partial charge in [-0.2, -0.15) is 0 Å². The highest BCUT2D eigenvalue weighted by molar-refractivity contribution is 5.87. The maximum absolute atomic E-state index is 11.8.